The molecule has 10 heteroatoms. The topological polar surface area (TPSA) is 77.1 Å². The normalized spacial score (nSPS) is 19.3. The van der Waals surface area contributed by atoms with Crippen molar-refractivity contribution in [3.63, 3.8) is 0 Å². The van der Waals surface area contributed by atoms with Gasteiger partial charge in [-0.25, -0.2) is 0 Å². The number of fused-ring (bicyclic) bond motifs is 2. The number of ether oxygens (including phenoxy) is 3. The minimum Gasteiger partial charge on any atom is -0.484 e. The first-order valence-corrected chi connectivity index (χ1v) is 13.8. The van der Waals surface area contributed by atoms with Crippen molar-refractivity contribution in [2.75, 3.05) is 24.7 Å². The van der Waals surface area contributed by atoms with Crippen molar-refractivity contribution >= 4 is 28.3 Å². The van der Waals surface area contributed by atoms with Crippen LogP contribution in [0.15, 0.2) is 60.7 Å². The third-order valence-corrected chi connectivity index (χ3v) is 7.90. The molecule has 1 fully saturated rings. The molecule has 1 N–H and O–H groups in total. The number of halogens is 3. The molecule has 41 heavy (non-hydrogen) atoms. The number of nitrogens with zero attached hydrogens (tertiary/aromatic N) is 1. The van der Waals surface area contributed by atoms with E-state index in [1.54, 1.807) is 49.4 Å². The largest absolute Gasteiger partial charge is 0.484 e. The summed E-state index contributed by atoms with van der Waals surface area (Å²) in [5.41, 5.74) is -0.179. The maximum Gasteiger partial charge on any atom is 0.422 e. The van der Waals surface area contributed by atoms with Crippen LogP contribution in [-0.2, 0) is 20.9 Å². The Bertz CT molecular complexity index is 1420. The number of anilines is 1. The molecule has 2 aliphatic heterocycles. The molecular formula is C31H33F3N2O5. The molecule has 2 amide bonds. The van der Waals surface area contributed by atoms with Gasteiger partial charge in [0.2, 0.25) is 5.91 Å². The van der Waals surface area contributed by atoms with Crippen molar-refractivity contribution in [2.24, 2.45) is 5.92 Å². The molecule has 0 unspecified atom stereocenters. The van der Waals surface area contributed by atoms with E-state index in [1.807, 2.05) is 19.1 Å². The molecule has 7 nitrogen and oxygen atoms in total. The molecule has 1 saturated heterocycles. The molecule has 0 radical (unpaired) electrons. The first-order chi connectivity index (χ1) is 19.6. The Hall–Kier alpha value is -3.79. The first kappa shape index (κ1) is 28.7. The lowest BCUT2D eigenvalue weighted by Crippen LogP contribution is -2.64. The van der Waals surface area contributed by atoms with E-state index in [0.717, 1.165) is 5.39 Å². The van der Waals surface area contributed by atoms with Gasteiger partial charge in [-0.1, -0.05) is 56.3 Å². The number of hydrogen-bond acceptors (Lipinski definition) is 5. The fraction of sp³-hybridized carbons (Fsp3) is 0.419. The maximum absolute atomic E-state index is 14.6. The van der Waals surface area contributed by atoms with Crippen LogP contribution >= 0.6 is 0 Å². The zero-order valence-electron chi connectivity index (χ0n) is 23.0. The van der Waals surface area contributed by atoms with Crippen LogP contribution in [0.1, 0.15) is 38.7 Å². The molecule has 5 rings (SSSR count). The molecule has 1 spiro atoms. The van der Waals surface area contributed by atoms with Crippen molar-refractivity contribution in [2.45, 2.75) is 57.5 Å². The van der Waals surface area contributed by atoms with Gasteiger partial charge in [-0.05, 0) is 35.4 Å². The van der Waals surface area contributed by atoms with E-state index in [9.17, 15) is 22.8 Å². The molecular weight excluding hydrogens is 537 g/mol. The zero-order chi connectivity index (χ0) is 29.2. The number of alkyl halides is 3. The van der Waals surface area contributed by atoms with Crippen LogP contribution in [0, 0.1) is 5.92 Å². The summed E-state index contributed by atoms with van der Waals surface area (Å²) in [6, 6.07) is 16.5. The third kappa shape index (κ3) is 5.98. The highest BCUT2D eigenvalue weighted by Crippen LogP contribution is 2.43. The van der Waals surface area contributed by atoms with Gasteiger partial charge in [0.05, 0.1) is 25.4 Å². The van der Waals surface area contributed by atoms with E-state index in [0.29, 0.717) is 54.9 Å². The summed E-state index contributed by atoms with van der Waals surface area (Å²) in [6.07, 6.45) is -3.20. The number of amides is 2. The summed E-state index contributed by atoms with van der Waals surface area (Å²) in [6.45, 7) is 2.82. The highest BCUT2D eigenvalue weighted by Gasteiger charge is 2.51. The van der Waals surface area contributed by atoms with Crippen molar-refractivity contribution in [1.82, 2.24) is 5.32 Å². The van der Waals surface area contributed by atoms with Gasteiger partial charge in [0.1, 0.15) is 23.1 Å². The smallest absolute Gasteiger partial charge is 0.422 e. The van der Waals surface area contributed by atoms with E-state index < -0.39 is 30.3 Å². The van der Waals surface area contributed by atoms with Crippen LogP contribution in [0.4, 0.5) is 18.9 Å². The lowest BCUT2D eigenvalue weighted by molar-refractivity contribution is -0.153. The zero-order valence-corrected chi connectivity index (χ0v) is 23.0. The molecule has 3 aromatic carbocycles. The number of carbonyl (C=O) groups excluding carboxylic acids is 2. The predicted molar refractivity (Wildman–Crippen MR) is 148 cm³/mol. The van der Waals surface area contributed by atoms with Gasteiger partial charge >= 0.3 is 6.18 Å². The Morgan fingerprint density at radius 3 is 2.54 bits per heavy atom. The summed E-state index contributed by atoms with van der Waals surface area (Å²) >= 11 is 0. The minimum atomic E-state index is -4.54. The lowest BCUT2D eigenvalue weighted by atomic mass is 9.84. The summed E-state index contributed by atoms with van der Waals surface area (Å²) < 4.78 is 57.0. The van der Waals surface area contributed by atoms with Crippen LogP contribution in [0.2, 0.25) is 0 Å². The van der Waals surface area contributed by atoms with E-state index in [-0.39, 0.29) is 24.1 Å². The van der Waals surface area contributed by atoms with Crippen LogP contribution in [0.5, 0.6) is 11.5 Å². The molecule has 0 aliphatic carbocycles. The van der Waals surface area contributed by atoms with E-state index >= 15 is 0 Å². The van der Waals surface area contributed by atoms with Crippen molar-refractivity contribution in [3.05, 3.63) is 66.2 Å². The second-order valence-electron chi connectivity index (χ2n) is 10.6. The van der Waals surface area contributed by atoms with Crippen molar-refractivity contribution in [1.29, 1.82) is 0 Å². The Kier molecular flexibility index (Phi) is 8.13. The summed E-state index contributed by atoms with van der Waals surface area (Å²) in [4.78, 5) is 29.2. The van der Waals surface area contributed by atoms with Gasteiger partial charge < -0.3 is 24.4 Å². The van der Waals surface area contributed by atoms with E-state index in [4.69, 9.17) is 14.2 Å². The molecule has 0 bridgehead atoms. The van der Waals surface area contributed by atoms with Crippen LogP contribution in [0.3, 0.4) is 0 Å². The summed E-state index contributed by atoms with van der Waals surface area (Å²) in [5, 5.41) is 4.42. The third-order valence-electron chi connectivity index (χ3n) is 7.90. The van der Waals surface area contributed by atoms with Gasteiger partial charge in [0, 0.05) is 24.3 Å². The first-order valence-electron chi connectivity index (χ1n) is 13.8. The van der Waals surface area contributed by atoms with Crippen LogP contribution < -0.4 is 19.7 Å². The Morgan fingerprint density at radius 2 is 1.80 bits per heavy atom. The molecule has 2 heterocycles. The van der Waals surface area contributed by atoms with Gasteiger partial charge in [0.15, 0.2) is 6.61 Å². The number of rotatable bonds is 7. The molecule has 2 aliphatic rings. The second-order valence-corrected chi connectivity index (χ2v) is 10.6. The van der Waals surface area contributed by atoms with Gasteiger partial charge in [-0.2, -0.15) is 13.2 Å². The predicted octanol–water partition coefficient (Wildman–Crippen LogP) is 5.79. The number of para-hydroxylation sites is 2. The Labute approximate surface area is 236 Å². The van der Waals surface area contributed by atoms with Crippen LogP contribution in [0.25, 0.3) is 10.8 Å². The number of benzene rings is 3. The maximum atomic E-state index is 14.6. The minimum absolute atomic E-state index is 0.0254. The average Bonchev–Trinajstić information content (AvgIpc) is 3.05. The van der Waals surface area contributed by atoms with Crippen LogP contribution in [-0.4, -0.2) is 49.5 Å². The van der Waals surface area contributed by atoms with E-state index in [2.05, 4.69) is 5.32 Å². The monoisotopic (exact) mass is 570 g/mol. The standard InChI is InChI=1S/C31H33F3N2O5/c1-3-20(2)28(37)35-27-29(38)36(24-10-6-7-11-26(24)41-30(27)14-16-39-17-15-30)18-23-22-9-5-4-8-21(22)12-13-25(23)40-19-31(32,33)34/h4-13,20,27H,3,14-19H2,1-2H3,(H,35,37)/t20-,27-/m1/s1. The SMILES string of the molecule is CC[C@@H](C)C(=O)N[C@@H]1C(=O)N(Cc2c(OCC(F)(F)F)ccc3ccccc23)c2ccccc2OC12CCOCC2. The van der Waals surface area contributed by atoms with Gasteiger partial charge in [0.25, 0.3) is 5.91 Å². The quantitative estimate of drug-likeness (QED) is 0.390. The Morgan fingerprint density at radius 1 is 1.10 bits per heavy atom. The Balaban J connectivity index is 1.63. The molecule has 2 atom stereocenters. The second kappa shape index (κ2) is 11.6. The number of carbonyl (C=O) groups is 2. The fourth-order valence-corrected chi connectivity index (χ4v) is 5.41. The van der Waals surface area contributed by atoms with E-state index in [1.165, 1.54) is 11.0 Å². The highest BCUT2D eigenvalue weighted by atomic mass is 19.4. The summed E-state index contributed by atoms with van der Waals surface area (Å²) in [7, 11) is 0. The summed E-state index contributed by atoms with van der Waals surface area (Å²) in [5.74, 6) is -0.550. The molecule has 218 valence electrons. The van der Waals surface area contributed by atoms with Crippen molar-refractivity contribution < 1.29 is 37.0 Å². The fourth-order valence-electron chi connectivity index (χ4n) is 5.41. The number of nitrogens with one attached hydrogen (secondary N) is 1. The highest BCUT2D eigenvalue weighted by molar-refractivity contribution is 6.03. The van der Waals surface area contributed by atoms with Gasteiger partial charge in [-0.3, -0.25) is 9.59 Å². The average molecular weight is 571 g/mol. The van der Waals surface area contributed by atoms with Crippen molar-refractivity contribution in [3.8, 4) is 11.5 Å². The molecule has 0 saturated carbocycles. The number of hydrogen-bond donors (Lipinski definition) is 1. The molecule has 0 aromatic heterocycles. The molecule has 3 aromatic rings. The van der Waals surface area contributed by atoms with Gasteiger partial charge in [-0.15, -0.1) is 0 Å². The lowest BCUT2D eigenvalue weighted by Gasteiger charge is -2.41.